The molecule has 0 unspecified atom stereocenters. The largest absolute Gasteiger partial charge is 0.474 e. The summed E-state index contributed by atoms with van der Waals surface area (Å²) < 4.78 is 31.3. The first kappa shape index (κ1) is 16.4. The summed E-state index contributed by atoms with van der Waals surface area (Å²) in [6.07, 6.45) is 3.31. The van der Waals surface area contributed by atoms with E-state index in [-0.39, 0.29) is 36.0 Å². The average molecular weight is 314 g/mol. The monoisotopic (exact) mass is 314 g/mol. The van der Waals surface area contributed by atoms with Gasteiger partial charge in [0, 0.05) is 12.1 Å². The minimum atomic E-state index is -0.879. The van der Waals surface area contributed by atoms with Gasteiger partial charge in [-0.1, -0.05) is 0 Å². The third-order valence-corrected chi connectivity index (χ3v) is 3.64. The number of alkyl halides is 1. The number of carbonyl (C=O) groups is 1. The van der Waals surface area contributed by atoms with E-state index in [2.05, 4.69) is 10.3 Å². The molecular formula is C14H20F2N4O2. The summed E-state index contributed by atoms with van der Waals surface area (Å²) in [5.74, 6) is -1.77. The summed E-state index contributed by atoms with van der Waals surface area (Å²) >= 11 is 0. The molecule has 2 rings (SSSR count). The van der Waals surface area contributed by atoms with Crippen LogP contribution in [0.25, 0.3) is 0 Å². The van der Waals surface area contributed by atoms with Crippen LogP contribution in [0.3, 0.4) is 0 Å². The Bertz CT molecular complexity index is 534. The highest BCUT2D eigenvalue weighted by atomic mass is 19.1. The molecule has 1 fully saturated rings. The second-order valence-corrected chi connectivity index (χ2v) is 5.33. The van der Waals surface area contributed by atoms with E-state index in [9.17, 15) is 13.6 Å². The van der Waals surface area contributed by atoms with Crippen molar-refractivity contribution in [2.45, 2.75) is 37.8 Å². The van der Waals surface area contributed by atoms with Crippen LogP contribution in [0, 0.1) is 5.82 Å². The minimum absolute atomic E-state index is 0.0284. The first-order valence-electron chi connectivity index (χ1n) is 7.22. The Balaban J connectivity index is 2.18. The van der Waals surface area contributed by atoms with Crippen LogP contribution in [0.2, 0.25) is 0 Å². The van der Waals surface area contributed by atoms with Gasteiger partial charge in [0.05, 0.1) is 0 Å². The molecule has 0 atom stereocenters. The lowest BCUT2D eigenvalue weighted by Gasteiger charge is -2.27. The number of pyridine rings is 1. The summed E-state index contributed by atoms with van der Waals surface area (Å²) in [5.41, 5.74) is 10.8. The molecule has 0 bridgehead atoms. The second kappa shape index (κ2) is 7.35. The van der Waals surface area contributed by atoms with Crippen LogP contribution in [-0.4, -0.2) is 36.3 Å². The fourth-order valence-corrected chi connectivity index (χ4v) is 2.45. The molecule has 1 aliphatic carbocycles. The van der Waals surface area contributed by atoms with Crippen molar-refractivity contribution in [3.05, 3.63) is 17.4 Å². The quantitative estimate of drug-likeness (QED) is 0.735. The molecule has 1 aliphatic rings. The molecule has 1 amide bonds. The first-order chi connectivity index (χ1) is 10.5. The number of nitrogens with zero attached hydrogens (tertiary/aromatic N) is 1. The Hall–Kier alpha value is -1.96. The Labute approximate surface area is 127 Å². The zero-order valence-electron chi connectivity index (χ0n) is 12.1. The average Bonchev–Trinajstić information content (AvgIpc) is 2.49. The van der Waals surface area contributed by atoms with E-state index in [1.54, 1.807) is 0 Å². The summed E-state index contributed by atoms with van der Waals surface area (Å²) in [7, 11) is 0. The lowest BCUT2D eigenvalue weighted by atomic mass is 9.92. The van der Waals surface area contributed by atoms with Gasteiger partial charge in [-0.25, -0.2) is 8.78 Å². The summed E-state index contributed by atoms with van der Waals surface area (Å²) in [6.45, 7) is -1.03. The molecule has 1 saturated carbocycles. The molecule has 0 saturated heterocycles. The van der Waals surface area contributed by atoms with E-state index in [1.807, 2.05) is 0 Å². The van der Waals surface area contributed by atoms with Crippen molar-refractivity contribution in [3.8, 4) is 5.88 Å². The van der Waals surface area contributed by atoms with Gasteiger partial charge in [-0.2, -0.15) is 4.98 Å². The number of nitrogens with two attached hydrogens (primary N) is 2. The third-order valence-electron chi connectivity index (χ3n) is 3.64. The lowest BCUT2D eigenvalue weighted by molar-refractivity contribution is 0.0994. The number of carbonyl (C=O) groups excluding carboxylic acids is 1. The van der Waals surface area contributed by atoms with Gasteiger partial charge in [-0.05, 0) is 31.7 Å². The number of halogens is 2. The van der Waals surface area contributed by atoms with E-state index < -0.39 is 18.4 Å². The molecule has 1 heterocycles. The molecule has 0 radical (unpaired) electrons. The van der Waals surface area contributed by atoms with Crippen molar-refractivity contribution in [3.63, 3.8) is 0 Å². The van der Waals surface area contributed by atoms with E-state index in [4.69, 9.17) is 16.2 Å². The van der Waals surface area contributed by atoms with Gasteiger partial charge in [-0.15, -0.1) is 0 Å². The van der Waals surface area contributed by atoms with Crippen molar-refractivity contribution >= 4 is 11.7 Å². The highest BCUT2D eigenvalue weighted by Crippen LogP contribution is 2.26. The van der Waals surface area contributed by atoms with Crippen LogP contribution in [-0.2, 0) is 0 Å². The normalized spacial score (nSPS) is 21.4. The number of ether oxygens (including phenoxy) is 1. The molecule has 1 aromatic rings. The Kier molecular flexibility index (Phi) is 5.48. The maximum atomic E-state index is 14.1. The number of amides is 1. The lowest BCUT2D eigenvalue weighted by Crippen LogP contribution is -2.33. The molecule has 22 heavy (non-hydrogen) atoms. The van der Waals surface area contributed by atoms with Gasteiger partial charge in [-0.3, -0.25) is 4.79 Å². The Morgan fingerprint density at radius 1 is 1.41 bits per heavy atom. The van der Waals surface area contributed by atoms with E-state index in [1.165, 1.54) is 0 Å². The topological polar surface area (TPSA) is 103 Å². The van der Waals surface area contributed by atoms with Crippen molar-refractivity contribution in [2.24, 2.45) is 11.5 Å². The Morgan fingerprint density at radius 2 is 2.09 bits per heavy atom. The maximum Gasteiger partial charge on any atom is 0.254 e. The molecule has 0 aliphatic heterocycles. The van der Waals surface area contributed by atoms with Gasteiger partial charge in [0.15, 0.2) is 11.6 Å². The maximum absolute atomic E-state index is 14.1. The van der Waals surface area contributed by atoms with E-state index in [0.717, 1.165) is 31.7 Å². The molecular weight excluding hydrogens is 294 g/mol. The number of hydrogen-bond donors (Lipinski definition) is 3. The fourth-order valence-electron chi connectivity index (χ4n) is 2.45. The van der Waals surface area contributed by atoms with Crippen molar-refractivity contribution < 1.29 is 18.3 Å². The number of rotatable bonds is 6. The minimum Gasteiger partial charge on any atom is -0.474 e. The van der Waals surface area contributed by atoms with Crippen molar-refractivity contribution in [1.82, 2.24) is 4.98 Å². The molecule has 0 spiro atoms. The zero-order valence-corrected chi connectivity index (χ0v) is 12.1. The Morgan fingerprint density at radius 3 is 2.68 bits per heavy atom. The summed E-state index contributed by atoms with van der Waals surface area (Å²) in [4.78, 5) is 15.2. The van der Waals surface area contributed by atoms with Crippen LogP contribution in [0.1, 0.15) is 36.0 Å². The highest BCUT2D eigenvalue weighted by molar-refractivity contribution is 5.95. The van der Waals surface area contributed by atoms with E-state index in [0.29, 0.717) is 0 Å². The standard InChI is InChI=1S/C14H20F2N4O2/c15-5-6-22-14-10(12(18)21)7-11(16)13(20-14)19-9-3-1-8(17)2-4-9/h7-9H,1-6,17H2,(H2,18,21)(H,19,20)/t8-,9-. The second-order valence-electron chi connectivity index (χ2n) is 5.33. The molecule has 122 valence electrons. The smallest absolute Gasteiger partial charge is 0.254 e. The van der Waals surface area contributed by atoms with Crippen molar-refractivity contribution in [2.75, 3.05) is 18.6 Å². The predicted molar refractivity (Wildman–Crippen MR) is 78.0 cm³/mol. The number of nitrogens with one attached hydrogen (secondary N) is 1. The van der Waals surface area contributed by atoms with Crippen LogP contribution < -0.4 is 21.5 Å². The van der Waals surface area contributed by atoms with Gasteiger partial charge >= 0.3 is 0 Å². The summed E-state index contributed by atoms with van der Waals surface area (Å²) in [5, 5.41) is 2.99. The third kappa shape index (κ3) is 4.03. The number of primary amides is 1. The SMILES string of the molecule is NC(=O)c1cc(F)c(N[C@H]2CC[C@H](N)CC2)nc1OCCF. The van der Waals surface area contributed by atoms with Crippen LogP contribution >= 0.6 is 0 Å². The first-order valence-corrected chi connectivity index (χ1v) is 7.22. The molecule has 6 nitrogen and oxygen atoms in total. The molecule has 8 heteroatoms. The van der Waals surface area contributed by atoms with Gasteiger partial charge in [0.1, 0.15) is 18.8 Å². The predicted octanol–water partition coefficient (Wildman–Crippen LogP) is 1.35. The van der Waals surface area contributed by atoms with Crippen LogP contribution in [0.4, 0.5) is 14.6 Å². The molecule has 5 N–H and O–H groups in total. The number of aromatic nitrogens is 1. The van der Waals surface area contributed by atoms with Crippen LogP contribution in [0.5, 0.6) is 5.88 Å². The highest BCUT2D eigenvalue weighted by Gasteiger charge is 2.22. The zero-order chi connectivity index (χ0) is 16.1. The van der Waals surface area contributed by atoms with Gasteiger partial charge in [0.25, 0.3) is 5.91 Å². The number of anilines is 1. The summed E-state index contributed by atoms with van der Waals surface area (Å²) in [6, 6.07) is 1.19. The van der Waals surface area contributed by atoms with Gasteiger partial charge < -0.3 is 21.5 Å². The van der Waals surface area contributed by atoms with Gasteiger partial charge in [0.2, 0.25) is 5.88 Å². The molecule has 0 aromatic carbocycles. The molecule has 1 aromatic heterocycles. The van der Waals surface area contributed by atoms with Crippen LogP contribution in [0.15, 0.2) is 6.07 Å². The van der Waals surface area contributed by atoms with Crippen molar-refractivity contribution in [1.29, 1.82) is 0 Å². The van der Waals surface area contributed by atoms with E-state index >= 15 is 0 Å². The fraction of sp³-hybridized carbons (Fsp3) is 0.571. The number of hydrogen-bond acceptors (Lipinski definition) is 5.